The molecule has 3 rings (SSSR count). The van der Waals surface area contributed by atoms with Gasteiger partial charge in [-0.05, 0) is 12.1 Å². The molecule has 1 N–H and O–H groups in total. The highest BCUT2D eigenvalue weighted by Gasteiger charge is 2.24. The molecule has 2 aromatic heterocycles. The fourth-order valence-corrected chi connectivity index (χ4v) is 3.20. The number of rotatable bonds is 4. The third-order valence-corrected chi connectivity index (χ3v) is 4.38. The first-order chi connectivity index (χ1) is 11.1. The van der Waals surface area contributed by atoms with Crippen molar-refractivity contribution in [3.05, 3.63) is 35.2 Å². The number of hydrogen-bond acceptors (Lipinski definition) is 6. The van der Waals surface area contributed by atoms with E-state index in [2.05, 4.69) is 15.2 Å². The molecule has 1 aliphatic heterocycles. The number of anilines is 1. The van der Waals surface area contributed by atoms with Crippen molar-refractivity contribution in [2.24, 2.45) is 0 Å². The molecule has 23 heavy (non-hydrogen) atoms. The Bertz CT molecular complexity index is 675. The predicted molar refractivity (Wildman–Crippen MR) is 86.3 cm³/mol. The van der Waals surface area contributed by atoms with Gasteiger partial charge in [-0.1, -0.05) is 0 Å². The van der Waals surface area contributed by atoms with E-state index in [1.807, 2.05) is 12.1 Å². The van der Waals surface area contributed by atoms with Crippen LogP contribution in [0.5, 0.6) is 0 Å². The molecule has 0 unspecified atom stereocenters. The van der Waals surface area contributed by atoms with E-state index in [-0.39, 0.29) is 11.8 Å². The summed E-state index contributed by atoms with van der Waals surface area (Å²) in [4.78, 5) is 31.7. The molecule has 1 saturated heterocycles. The number of thiazole rings is 1. The summed E-state index contributed by atoms with van der Waals surface area (Å²) in [6.45, 7) is 5.10. The van der Waals surface area contributed by atoms with E-state index in [0.29, 0.717) is 23.9 Å². The molecule has 8 heteroatoms. The van der Waals surface area contributed by atoms with E-state index in [4.69, 9.17) is 4.42 Å². The highest BCUT2D eigenvalue weighted by Crippen LogP contribution is 2.18. The lowest BCUT2D eigenvalue weighted by atomic mass is 10.2. The lowest BCUT2D eigenvalue weighted by molar-refractivity contribution is -0.114. The zero-order chi connectivity index (χ0) is 16.2. The van der Waals surface area contributed by atoms with Gasteiger partial charge in [-0.2, -0.15) is 0 Å². The summed E-state index contributed by atoms with van der Waals surface area (Å²) >= 11 is 1.26. The number of furan rings is 1. The molecule has 0 aliphatic carbocycles. The summed E-state index contributed by atoms with van der Waals surface area (Å²) < 4.78 is 5.35. The Morgan fingerprint density at radius 2 is 2.13 bits per heavy atom. The molecule has 7 nitrogen and oxygen atoms in total. The van der Waals surface area contributed by atoms with Gasteiger partial charge in [-0.3, -0.25) is 14.5 Å². The maximum atomic E-state index is 12.4. The number of hydrogen-bond donors (Lipinski definition) is 1. The lowest BCUT2D eigenvalue weighted by Gasteiger charge is -2.33. The van der Waals surface area contributed by atoms with E-state index >= 15 is 0 Å². The van der Waals surface area contributed by atoms with E-state index in [0.717, 1.165) is 25.4 Å². The molecular weight excluding hydrogens is 316 g/mol. The second kappa shape index (κ2) is 6.93. The maximum absolute atomic E-state index is 12.4. The van der Waals surface area contributed by atoms with E-state index in [1.54, 1.807) is 16.5 Å². The molecule has 0 aromatic carbocycles. The summed E-state index contributed by atoms with van der Waals surface area (Å²) in [5, 5.41) is 4.73. The maximum Gasteiger partial charge on any atom is 0.273 e. The Labute approximate surface area is 137 Å². The van der Waals surface area contributed by atoms with Gasteiger partial charge in [0.2, 0.25) is 5.91 Å². The van der Waals surface area contributed by atoms with Crippen molar-refractivity contribution in [3.63, 3.8) is 0 Å². The normalized spacial score (nSPS) is 15.6. The minimum Gasteiger partial charge on any atom is -0.468 e. The van der Waals surface area contributed by atoms with Gasteiger partial charge in [0.25, 0.3) is 5.91 Å². The smallest absolute Gasteiger partial charge is 0.273 e. The van der Waals surface area contributed by atoms with Gasteiger partial charge < -0.3 is 14.6 Å². The van der Waals surface area contributed by atoms with Gasteiger partial charge in [0.1, 0.15) is 11.5 Å². The number of amides is 2. The molecule has 1 aliphatic rings. The van der Waals surface area contributed by atoms with Crippen LogP contribution in [0.1, 0.15) is 23.2 Å². The van der Waals surface area contributed by atoms with Crippen LogP contribution in [0, 0.1) is 0 Å². The first-order valence-electron chi connectivity index (χ1n) is 7.39. The van der Waals surface area contributed by atoms with Gasteiger partial charge in [0, 0.05) is 38.5 Å². The summed E-state index contributed by atoms with van der Waals surface area (Å²) in [6, 6.07) is 3.83. The fraction of sp³-hybridized carbons (Fsp3) is 0.400. The Balaban J connectivity index is 1.53. The van der Waals surface area contributed by atoms with E-state index in [1.165, 1.54) is 18.3 Å². The monoisotopic (exact) mass is 334 g/mol. The molecule has 3 heterocycles. The summed E-state index contributed by atoms with van der Waals surface area (Å²) in [5.41, 5.74) is 0.387. The van der Waals surface area contributed by atoms with Crippen LogP contribution in [-0.2, 0) is 11.3 Å². The fourth-order valence-electron chi connectivity index (χ4n) is 2.47. The summed E-state index contributed by atoms with van der Waals surface area (Å²) in [7, 11) is 0. The number of nitrogens with zero attached hydrogens (tertiary/aromatic N) is 3. The molecule has 2 amide bonds. The zero-order valence-corrected chi connectivity index (χ0v) is 13.6. The Morgan fingerprint density at radius 3 is 2.78 bits per heavy atom. The molecular formula is C15H18N4O3S. The molecule has 0 radical (unpaired) electrons. The molecule has 0 bridgehead atoms. The highest BCUT2D eigenvalue weighted by molar-refractivity contribution is 7.14. The second-order valence-electron chi connectivity index (χ2n) is 5.37. The van der Waals surface area contributed by atoms with Crippen LogP contribution in [0.15, 0.2) is 28.2 Å². The van der Waals surface area contributed by atoms with Crippen LogP contribution in [0.3, 0.4) is 0 Å². The average Bonchev–Trinajstić information content (AvgIpc) is 3.19. The number of piperazine rings is 1. The third-order valence-electron chi connectivity index (χ3n) is 3.63. The SMILES string of the molecule is CC(=O)Nc1nc(C(=O)N2CCN(Cc3ccco3)CC2)cs1. The van der Waals surface area contributed by atoms with Gasteiger partial charge in [-0.25, -0.2) is 4.98 Å². The van der Waals surface area contributed by atoms with Crippen LogP contribution in [0.25, 0.3) is 0 Å². The molecule has 0 spiro atoms. The van der Waals surface area contributed by atoms with Crippen LogP contribution >= 0.6 is 11.3 Å². The lowest BCUT2D eigenvalue weighted by Crippen LogP contribution is -2.48. The average molecular weight is 334 g/mol. The van der Waals surface area contributed by atoms with Gasteiger partial charge >= 0.3 is 0 Å². The van der Waals surface area contributed by atoms with Crippen LogP contribution < -0.4 is 5.32 Å². The number of carbonyl (C=O) groups is 2. The quantitative estimate of drug-likeness (QED) is 0.920. The van der Waals surface area contributed by atoms with Crippen molar-refractivity contribution >= 4 is 28.3 Å². The number of nitrogens with one attached hydrogen (secondary N) is 1. The van der Waals surface area contributed by atoms with Crippen molar-refractivity contribution in [2.75, 3.05) is 31.5 Å². The standard InChI is InChI=1S/C15H18N4O3S/c1-11(20)16-15-17-13(10-23-15)14(21)19-6-4-18(5-7-19)9-12-3-2-8-22-12/h2-3,8,10H,4-7,9H2,1H3,(H,16,17,20). The summed E-state index contributed by atoms with van der Waals surface area (Å²) in [6.07, 6.45) is 1.67. The van der Waals surface area contributed by atoms with Crippen molar-refractivity contribution in [2.45, 2.75) is 13.5 Å². The molecule has 0 atom stereocenters. The van der Waals surface area contributed by atoms with Crippen molar-refractivity contribution in [3.8, 4) is 0 Å². The van der Waals surface area contributed by atoms with Crippen LogP contribution in [0.2, 0.25) is 0 Å². The van der Waals surface area contributed by atoms with Crippen molar-refractivity contribution in [1.29, 1.82) is 0 Å². The first kappa shape index (κ1) is 15.7. The minimum atomic E-state index is -0.190. The molecule has 122 valence electrons. The topological polar surface area (TPSA) is 78.7 Å². The van der Waals surface area contributed by atoms with Crippen molar-refractivity contribution in [1.82, 2.24) is 14.8 Å². The van der Waals surface area contributed by atoms with E-state index < -0.39 is 0 Å². The molecule has 0 saturated carbocycles. The van der Waals surface area contributed by atoms with Crippen molar-refractivity contribution < 1.29 is 14.0 Å². The first-order valence-corrected chi connectivity index (χ1v) is 8.27. The Hall–Kier alpha value is -2.19. The molecule has 2 aromatic rings. The van der Waals surface area contributed by atoms with Gasteiger partial charge in [0.15, 0.2) is 5.13 Å². The van der Waals surface area contributed by atoms with E-state index in [9.17, 15) is 9.59 Å². The predicted octanol–water partition coefficient (Wildman–Crippen LogP) is 1.65. The largest absolute Gasteiger partial charge is 0.468 e. The minimum absolute atomic E-state index is 0.0875. The summed E-state index contributed by atoms with van der Waals surface area (Å²) in [5.74, 6) is 0.657. The second-order valence-corrected chi connectivity index (χ2v) is 6.22. The van der Waals surface area contributed by atoms with Crippen LogP contribution in [0.4, 0.5) is 5.13 Å². The number of aromatic nitrogens is 1. The van der Waals surface area contributed by atoms with Gasteiger partial charge in [0.05, 0.1) is 12.8 Å². The highest BCUT2D eigenvalue weighted by atomic mass is 32.1. The third kappa shape index (κ3) is 3.96. The van der Waals surface area contributed by atoms with Gasteiger partial charge in [-0.15, -0.1) is 11.3 Å². The Kier molecular flexibility index (Phi) is 4.73. The Morgan fingerprint density at radius 1 is 1.35 bits per heavy atom. The van der Waals surface area contributed by atoms with Crippen LogP contribution in [-0.4, -0.2) is 52.8 Å². The molecule has 1 fully saturated rings. The number of carbonyl (C=O) groups excluding carboxylic acids is 2. The zero-order valence-electron chi connectivity index (χ0n) is 12.8.